The van der Waals surface area contributed by atoms with Gasteiger partial charge in [0.25, 0.3) is 0 Å². The second-order valence-electron chi connectivity index (χ2n) is 4.35. The summed E-state index contributed by atoms with van der Waals surface area (Å²) in [6.45, 7) is 3.32. The van der Waals surface area contributed by atoms with Gasteiger partial charge in [-0.15, -0.1) is 0 Å². The van der Waals surface area contributed by atoms with Crippen molar-refractivity contribution in [1.82, 2.24) is 14.9 Å². The molecule has 3 rings (SSSR count). The van der Waals surface area contributed by atoms with Crippen molar-refractivity contribution in [3.63, 3.8) is 0 Å². The van der Waals surface area contributed by atoms with Crippen LogP contribution in [0.3, 0.4) is 0 Å². The lowest BCUT2D eigenvalue weighted by molar-refractivity contribution is 0.485. The van der Waals surface area contributed by atoms with Crippen LogP contribution in [0, 0.1) is 5.92 Å². The highest BCUT2D eigenvalue weighted by atomic mass is 79.9. The summed E-state index contributed by atoms with van der Waals surface area (Å²) in [4.78, 5) is 4.46. The normalized spacial score (nSPS) is 20.7. The van der Waals surface area contributed by atoms with Crippen molar-refractivity contribution >= 4 is 27.0 Å². The molecule has 0 spiro atoms. The molecule has 1 aliphatic heterocycles. The maximum Gasteiger partial charge on any atom is 0.140 e. The minimum absolute atomic E-state index is 0.730. The summed E-state index contributed by atoms with van der Waals surface area (Å²) in [5.74, 6) is 0.730. The Morgan fingerprint density at radius 1 is 1.56 bits per heavy atom. The number of nitrogens with zero attached hydrogens (tertiary/aromatic N) is 2. The summed E-state index contributed by atoms with van der Waals surface area (Å²) in [5, 5.41) is 4.61. The molecule has 84 valence electrons. The molecule has 0 saturated carbocycles. The topological polar surface area (TPSA) is 29.9 Å². The summed E-state index contributed by atoms with van der Waals surface area (Å²) < 4.78 is 3.40. The second kappa shape index (κ2) is 4.18. The number of fused-ring (bicyclic) bond motifs is 1. The zero-order valence-corrected chi connectivity index (χ0v) is 10.6. The van der Waals surface area contributed by atoms with Gasteiger partial charge in [0.2, 0.25) is 0 Å². The summed E-state index contributed by atoms with van der Waals surface area (Å²) in [6.07, 6.45) is 3.12. The Kier molecular flexibility index (Phi) is 2.69. The number of nitrogens with one attached hydrogen (secondary N) is 1. The van der Waals surface area contributed by atoms with Crippen LogP contribution < -0.4 is 5.32 Å². The van der Waals surface area contributed by atoms with Gasteiger partial charge in [-0.2, -0.15) is 0 Å². The first-order valence-electron chi connectivity index (χ1n) is 5.65. The highest BCUT2D eigenvalue weighted by Gasteiger charge is 2.17. The molecule has 1 N–H and O–H groups in total. The van der Waals surface area contributed by atoms with Gasteiger partial charge in [-0.25, -0.2) is 4.98 Å². The summed E-state index contributed by atoms with van der Waals surface area (Å²) >= 11 is 3.62. The van der Waals surface area contributed by atoms with Gasteiger partial charge in [0, 0.05) is 18.1 Å². The molecule has 16 heavy (non-hydrogen) atoms. The van der Waals surface area contributed by atoms with Gasteiger partial charge in [0.05, 0.1) is 4.60 Å². The number of hydrogen-bond acceptors (Lipinski definition) is 2. The zero-order chi connectivity index (χ0) is 11.0. The van der Waals surface area contributed by atoms with E-state index in [1.807, 2.05) is 12.3 Å². The molecule has 0 amide bonds. The van der Waals surface area contributed by atoms with Crippen LogP contribution in [0.1, 0.15) is 6.42 Å². The van der Waals surface area contributed by atoms with Crippen LogP contribution in [0.4, 0.5) is 0 Å². The molecule has 3 heterocycles. The van der Waals surface area contributed by atoms with E-state index >= 15 is 0 Å². The number of pyridine rings is 1. The lowest BCUT2D eigenvalue weighted by Crippen LogP contribution is -2.14. The van der Waals surface area contributed by atoms with Crippen molar-refractivity contribution < 1.29 is 0 Å². The Morgan fingerprint density at radius 3 is 3.31 bits per heavy atom. The van der Waals surface area contributed by atoms with Gasteiger partial charge in [-0.3, -0.25) is 0 Å². The van der Waals surface area contributed by atoms with Crippen molar-refractivity contribution in [2.45, 2.75) is 13.0 Å². The Bertz CT molecular complexity index is 500. The van der Waals surface area contributed by atoms with Gasteiger partial charge < -0.3 is 9.88 Å². The van der Waals surface area contributed by atoms with E-state index in [0.717, 1.165) is 35.8 Å². The lowest BCUT2D eigenvalue weighted by atomic mass is 10.1. The molecule has 4 heteroatoms. The fourth-order valence-electron chi connectivity index (χ4n) is 2.36. The summed E-state index contributed by atoms with van der Waals surface area (Å²) in [5.41, 5.74) is 1.08. The van der Waals surface area contributed by atoms with Crippen LogP contribution in [-0.2, 0) is 6.54 Å². The fraction of sp³-hybridized carbons (Fsp3) is 0.417. The minimum Gasteiger partial charge on any atom is -0.320 e. The Balaban J connectivity index is 1.98. The molecule has 0 radical (unpaired) electrons. The van der Waals surface area contributed by atoms with Gasteiger partial charge in [-0.1, -0.05) is 0 Å². The van der Waals surface area contributed by atoms with E-state index in [1.54, 1.807) is 0 Å². The highest BCUT2D eigenvalue weighted by molar-refractivity contribution is 9.10. The number of halogens is 1. The monoisotopic (exact) mass is 279 g/mol. The number of rotatable bonds is 2. The molecular weight excluding hydrogens is 266 g/mol. The Morgan fingerprint density at radius 2 is 2.50 bits per heavy atom. The van der Waals surface area contributed by atoms with E-state index in [2.05, 4.69) is 42.9 Å². The average Bonchev–Trinajstić information content (AvgIpc) is 2.89. The SMILES string of the molecule is Brc1cc2cccnc2n1CC1CCNC1. The first-order chi connectivity index (χ1) is 7.84. The van der Waals surface area contributed by atoms with Crippen LogP contribution in [0.2, 0.25) is 0 Å². The van der Waals surface area contributed by atoms with Gasteiger partial charge in [0.1, 0.15) is 5.65 Å². The molecule has 1 saturated heterocycles. The van der Waals surface area contributed by atoms with Crippen molar-refractivity contribution in [3.05, 3.63) is 29.0 Å². The Labute approximate surface area is 103 Å². The van der Waals surface area contributed by atoms with Gasteiger partial charge >= 0.3 is 0 Å². The van der Waals surface area contributed by atoms with Gasteiger partial charge in [0.15, 0.2) is 0 Å². The molecule has 0 aliphatic carbocycles. The van der Waals surface area contributed by atoms with Crippen molar-refractivity contribution in [1.29, 1.82) is 0 Å². The van der Waals surface area contributed by atoms with E-state index < -0.39 is 0 Å². The van der Waals surface area contributed by atoms with E-state index in [1.165, 1.54) is 11.8 Å². The van der Waals surface area contributed by atoms with E-state index in [9.17, 15) is 0 Å². The second-order valence-corrected chi connectivity index (χ2v) is 5.17. The Hall–Kier alpha value is -0.870. The first kappa shape index (κ1) is 10.3. The van der Waals surface area contributed by atoms with Crippen molar-refractivity contribution in [2.75, 3.05) is 13.1 Å². The third kappa shape index (κ3) is 1.76. The molecule has 1 atom stereocenters. The van der Waals surface area contributed by atoms with Crippen LogP contribution in [-0.4, -0.2) is 22.6 Å². The molecule has 0 bridgehead atoms. The summed E-state index contributed by atoms with van der Waals surface area (Å²) in [7, 11) is 0. The summed E-state index contributed by atoms with van der Waals surface area (Å²) in [6, 6.07) is 6.23. The predicted molar refractivity (Wildman–Crippen MR) is 68.4 cm³/mol. The van der Waals surface area contributed by atoms with E-state index in [0.29, 0.717) is 0 Å². The molecular formula is C12H14BrN3. The smallest absolute Gasteiger partial charge is 0.140 e. The first-order valence-corrected chi connectivity index (χ1v) is 6.44. The highest BCUT2D eigenvalue weighted by Crippen LogP contribution is 2.24. The maximum atomic E-state index is 4.46. The third-order valence-corrected chi connectivity index (χ3v) is 3.87. The molecule has 2 aromatic rings. The molecule has 3 nitrogen and oxygen atoms in total. The molecule has 1 fully saturated rings. The van der Waals surface area contributed by atoms with Crippen LogP contribution in [0.25, 0.3) is 11.0 Å². The largest absolute Gasteiger partial charge is 0.320 e. The average molecular weight is 280 g/mol. The lowest BCUT2D eigenvalue weighted by Gasteiger charge is -2.11. The minimum atomic E-state index is 0.730. The number of aromatic nitrogens is 2. The van der Waals surface area contributed by atoms with Crippen molar-refractivity contribution in [3.8, 4) is 0 Å². The van der Waals surface area contributed by atoms with Gasteiger partial charge in [-0.05, 0) is 59.6 Å². The predicted octanol–water partition coefficient (Wildman–Crippen LogP) is 2.41. The quantitative estimate of drug-likeness (QED) is 0.915. The molecule has 2 aromatic heterocycles. The van der Waals surface area contributed by atoms with Crippen LogP contribution in [0.15, 0.2) is 29.0 Å². The number of hydrogen-bond donors (Lipinski definition) is 1. The molecule has 0 aromatic carbocycles. The third-order valence-electron chi connectivity index (χ3n) is 3.21. The van der Waals surface area contributed by atoms with E-state index in [-0.39, 0.29) is 0 Å². The fourth-order valence-corrected chi connectivity index (χ4v) is 2.92. The molecule has 1 aliphatic rings. The molecule has 1 unspecified atom stereocenters. The maximum absolute atomic E-state index is 4.46. The van der Waals surface area contributed by atoms with Crippen LogP contribution >= 0.6 is 15.9 Å². The van der Waals surface area contributed by atoms with Crippen molar-refractivity contribution in [2.24, 2.45) is 5.92 Å². The zero-order valence-electron chi connectivity index (χ0n) is 8.99. The standard InChI is InChI=1S/C12H14BrN3/c13-11-6-10-2-1-4-15-12(10)16(11)8-9-3-5-14-7-9/h1-2,4,6,9,14H,3,5,7-8H2. The van der Waals surface area contributed by atoms with Crippen LogP contribution in [0.5, 0.6) is 0 Å². The van der Waals surface area contributed by atoms with E-state index in [4.69, 9.17) is 0 Å².